The quantitative estimate of drug-likeness (QED) is 0.373. The highest BCUT2D eigenvalue weighted by Gasteiger charge is 2.24. The zero-order valence-electron chi connectivity index (χ0n) is 11.9. The number of benzene rings is 1. The Bertz CT molecular complexity index is 627. The predicted octanol–water partition coefficient (Wildman–Crippen LogP) is 3.26. The molecule has 0 atom stereocenters. The first-order chi connectivity index (χ1) is 10.0. The van der Waals surface area contributed by atoms with E-state index >= 15 is 0 Å². The average Bonchev–Trinajstić information content (AvgIpc) is 2.40. The van der Waals surface area contributed by atoms with Crippen molar-refractivity contribution >= 4 is 6.09 Å². The minimum atomic E-state index is -2.26. The molecule has 0 aliphatic rings. The van der Waals surface area contributed by atoms with Crippen molar-refractivity contribution in [3.8, 4) is 11.8 Å². The lowest BCUT2D eigenvalue weighted by Gasteiger charge is -2.19. The number of carbonyl (C=O) groups excluding carboxylic acids is 1. The van der Waals surface area contributed by atoms with Crippen molar-refractivity contribution < 1.29 is 31.5 Å². The molecule has 0 spiro atoms. The summed E-state index contributed by atoms with van der Waals surface area (Å²) in [5.74, 6) is -6.60. The Morgan fingerprint density at radius 1 is 1.00 bits per heavy atom. The molecule has 0 bridgehead atoms. The number of carbonyl (C=O) groups is 1. The number of ether oxygens (including phenoxy) is 1. The Balaban J connectivity index is 2.84. The summed E-state index contributed by atoms with van der Waals surface area (Å²) in [4.78, 5) is 11.2. The fourth-order valence-corrected chi connectivity index (χ4v) is 1.28. The molecule has 1 aromatic carbocycles. The van der Waals surface area contributed by atoms with Gasteiger partial charge in [0.05, 0.1) is 6.54 Å². The lowest BCUT2D eigenvalue weighted by Crippen LogP contribution is -2.32. The van der Waals surface area contributed by atoms with Crippen molar-refractivity contribution in [2.24, 2.45) is 0 Å². The lowest BCUT2D eigenvalue weighted by molar-refractivity contribution is 0.0535. The first-order valence-electron chi connectivity index (χ1n) is 6.01. The number of amides is 1. The van der Waals surface area contributed by atoms with Crippen LogP contribution in [0.1, 0.15) is 26.3 Å². The van der Waals surface area contributed by atoms with Gasteiger partial charge in [0.15, 0.2) is 23.3 Å². The number of halogens is 5. The van der Waals surface area contributed by atoms with Gasteiger partial charge in [-0.3, -0.25) is 0 Å². The molecule has 0 unspecified atom stereocenters. The standard InChI is InChI=1S/C14H12F5NO2/c1-14(2,3)22-13(21)20-6-4-5-7-8(15)10(17)12(19)11(18)9(7)16/h6H2,1-3H3,(H,20,21). The maximum absolute atomic E-state index is 13.3. The Labute approximate surface area is 123 Å². The molecular formula is C14H12F5NO2. The van der Waals surface area contributed by atoms with E-state index in [1.54, 1.807) is 26.7 Å². The Morgan fingerprint density at radius 3 is 1.91 bits per heavy atom. The molecule has 0 aliphatic heterocycles. The van der Waals surface area contributed by atoms with E-state index < -0.39 is 52.9 Å². The summed E-state index contributed by atoms with van der Waals surface area (Å²) in [5.41, 5.74) is -2.01. The molecule has 1 N–H and O–H groups in total. The zero-order valence-corrected chi connectivity index (χ0v) is 11.9. The number of alkyl carbamates (subject to hydrolysis) is 1. The average molecular weight is 321 g/mol. The van der Waals surface area contributed by atoms with Crippen LogP contribution in [0.25, 0.3) is 0 Å². The lowest BCUT2D eigenvalue weighted by atomic mass is 10.1. The van der Waals surface area contributed by atoms with E-state index in [4.69, 9.17) is 4.74 Å². The molecule has 1 rings (SSSR count). The first kappa shape index (κ1) is 17.8. The van der Waals surface area contributed by atoms with E-state index in [1.165, 1.54) is 0 Å². The summed E-state index contributed by atoms with van der Waals surface area (Å²) in [6.07, 6.45) is -0.834. The first-order valence-corrected chi connectivity index (χ1v) is 6.01. The van der Waals surface area contributed by atoms with E-state index in [0.717, 1.165) is 0 Å². The molecule has 8 heteroatoms. The number of rotatable bonds is 1. The third-order valence-corrected chi connectivity index (χ3v) is 2.14. The molecule has 0 heterocycles. The van der Waals surface area contributed by atoms with Crippen LogP contribution < -0.4 is 5.32 Å². The van der Waals surface area contributed by atoms with Crippen molar-refractivity contribution in [1.82, 2.24) is 5.32 Å². The van der Waals surface area contributed by atoms with Crippen molar-refractivity contribution in [3.05, 3.63) is 34.6 Å². The number of hydrogen-bond acceptors (Lipinski definition) is 2. The zero-order chi connectivity index (χ0) is 17.1. The van der Waals surface area contributed by atoms with Crippen LogP contribution in [0, 0.1) is 40.9 Å². The van der Waals surface area contributed by atoms with Crippen LogP contribution in [-0.4, -0.2) is 18.2 Å². The predicted molar refractivity (Wildman–Crippen MR) is 67.3 cm³/mol. The van der Waals surface area contributed by atoms with Crippen molar-refractivity contribution in [3.63, 3.8) is 0 Å². The van der Waals surface area contributed by atoms with Crippen LogP contribution in [0.2, 0.25) is 0 Å². The third-order valence-electron chi connectivity index (χ3n) is 2.14. The number of nitrogens with one attached hydrogen (secondary N) is 1. The van der Waals surface area contributed by atoms with Crippen LogP contribution in [0.3, 0.4) is 0 Å². The highest BCUT2D eigenvalue weighted by Crippen LogP contribution is 2.22. The van der Waals surface area contributed by atoms with Gasteiger partial charge in [0, 0.05) is 0 Å². The molecule has 0 saturated heterocycles. The minimum absolute atomic E-state index is 0.394. The fraction of sp³-hybridized carbons (Fsp3) is 0.357. The van der Waals surface area contributed by atoms with Crippen molar-refractivity contribution in [1.29, 1.82) is 0 Å². The van der Waals surface area contributed by atoms with Gasteiger partial charge in [0.25, 0.3) is 0 Å². The molecule has 22 heavy (non-hydrogen) atoms. The second-order valence-electron chi connectivity index (χ2n) is 5.10. The van der Waals surface area contributed by atoms with Crippen LogP contribution >= 0.6 is 0 Å². The van der Waals surface area contributed by atoms with Gasteiger partial charge in [-0.1, -0.05) is 11.8 Å². The Kier molecular flexibility index (Phi) is 5.36. The van der Waals surface area contributed by atoms with Gasteiger partial charge in [-0.15, -0.1) is 0 Å². The molecule has 1 amide bonds. The molecular weight excluding hydrogens is 309 g/mol. The van der Waals surface area contributed by atoms with E-state index in [9.17, 15) is 26.7 Å². The summed E-state index contributed by atoms with van der Waals surface area (Å²) in [6, 6.07) is 0. The normalized spacial score (nSPS) is 10.7. The summed E-state index contributed by atoms with van der Waals surface area (Å²) < 4.78 is 70.0. The molecule has 120 valence electrons. The van der Waals surface area contributed by atoms with Gasteiger partial charge in [-0.25, -0.2) is 26.7 Å². The monoisotopic (exact) mass is 321 g/mol. The van der Waals surface area contributed by atoms with E-state index in [-0.39, 0.29) is 0 Å². The molecule has 0 saturated carbocycles. The summed E-state index contributed by atoms with van der Waals surface area (Å²) in [7, 11) is 0. The Hall–Kier alpha value is -2.30. The van der Waals surface area contributed by atoms with Crippen molar-refractivity contribution in [2.45, 2.75) is 26.4 Å². The molecule has 0 radical (unpaired) electrons. The van der Waals surface area contributed by atoms with Crippen LogP contribution in [-0.2, 0) is 4.74 Å². The third kappa shape index (κ3) is 4.35. The molecule has 0 aromatic heterocycles. The largest absolute Gasteiger partial charge is 0.444 e. The second-order valence-corrected chi connectivity index (χ2v) is 5.10. The van der Waals surface area contributed by atoms with E-state index in [2.05, 4.69) is 11.2 Å². The van der Waals surface area contributed by atoms with Gasteiger partial charge >= 0.3 is 6.09 Å². The molecule has 1 aromatic rings. The van der Waals surface area contributed by atoms with Gasteiger partial charge in [0.2, 0.25) is 5.82 Å². The van der Waals surface area contributed by atoms with E-state index in [1.807, 2.05) is 0 Å². The van der Waals surface area contributed by atoms with Crippen LogP contribution in [0.5, 0.6) is 0 Å². The topological polar surface area (TPSA) is 38.3 Å². The number of hydrogen-bond donors (Lipinski definition) is 1. The summed E-state index contributed by atoms with van der Waals surface area (Å²) in [6.45, 7) is 4.46. The van der Waals surface area contributed by atoms with Crippen LogP contribution in [0.15, 0.2) is 0 Å². The van der Waals surface area contributed by atoms with E-state index in [0.29, 0.717) is 0 Å². The SMILES string of the molecule is CC(C)(C)OC(=O)NCC#Cc1c(F)c(F)c(F)c(F)c1F. The fourth-order valence-electron chi connectivity index (χ4n) is 1.28. The highest BCUT2D eigenvalue weighted by molar-refractivity contribution is 5.68. The van der Waals surface area contributed by atoms with Gasteiger partial charge in [0.1, 0.15) is 11.2 Å². The smallest absolute Gasteiger partial charge is 0.408 e. The molecule has 0 fully saturated rings. The highest BCUT2D eigenvalue weighted by atomic mass is 19.2. The maximum Gasteiger partial charge on any atom is 0.408 e. The van der Waals surface area contributed by atoms with Crippen LogP contribution in [0.4, 0.5) is 26.7 Å². The van der Waals surface area contributed by atoms with Gasteiger partial charge < -0.3 is 10.1 Å². The summed E-state index contributed by atoms with van der Waals surface area (Å²) in [5, 5.41) is 2.15. The van der Waals surface area contributed by atoms with Crippen molar-refractivity contribution in [2.75, 3.05) is 6.54 Å². The molecule has 3 nitrogen and oxygen atoms in total. The minimum Gasteiger partial charge on any atom is -0.444 e. The molecule has 0 aliphatic carbocycles. The second kappa shape index (κ2) is 6.64. The Morgan fingerprint density at radius 2 is 1.45 bits per heavy atom. The van der Waals surface area contributed by atoms with Gasteiger partial charge in [-0.05, 0) is 20.8 Å². The summed E-state index contributed by atoms with van der Waals surface area (Å²) >= 11 is 0. The maximum atomic E-state index is 13.3. The van der Waals surface area contributed by atoms with Gasteiger partial charge in [-0.2, -0.15) is 0 Å².